The number of benzene rings is 1. The van der Waals surface area contributed by atoms with Gasteiger partial charge in [0.05, 0.1) is 40.8 Å². The fourth-order valence-electron chi connectivity index (χ4n) is 4.64. The minimum atomic E-state index is -0.392. The third-order valence-electron chi connectivity index (χ3n) is 6.31. The van der Waals surface area contributed by atoms with Crippen LogP contribution in [-0.2, 0) is 28.8 Å². The summed E-state index contributed by atoms with van der Waals surface area (Å²) in [6.45, 7) is 4.52. The largest absolute Gasteiger partial charge is 0.494 e. The molecule has 38 heavy (non-hydrogen) atoms. The normalized spacial score (nSPS) is 14.1. The van der Waals surface area contributed by atoms with Gasteiger partial charge in [0.15, 0.2) is 5.16 Å². The van der Waals surface area contributed by atoms with Crippen LogP contribution >= 0.6 is 34.9 Å². The van der Waals surface area contributed by atoms with E-state index < -0.39 is 5.97 Å². The maximum atomic E-state index is 13.4. The Labute approximate surface area is 233 Å². The minimum absolute atomic E-state index is 0.0419. The Morgan fingerprint density at radius 3 is 2.66 bits per heavy atom. The van der Waals surface area contributed by atoms with Crippen LogP contribution in [0.5, 0.6) is 5.75 Å². The van der Waals surface area contributed by atoms with Gasteiger partial charge in [-0.1, -0.05) is 11.8 Å². The number of esters is 1. The van der Waals surface area contributed by atoms with Gasteiger partial charge in [0.1, 0.15) is 10.8 Å². The number of carbonyl (C=O) groups excluding carboxylic acids is 2. The summed E-state index contributed by atoms with van der Waals surface area (Å²) in [5.41, 5.74) is 2.81. The number of amides is 1. The average molecular weight is 572 g/mol. The van der Waals surface area contributed by atoms with Crippen LogP contribution in [0.3, 0.4) is 0 Å². The lowest BCUT2D eigenvalue weighted by molar-refractivity contribution is -0.113. The van der Waals surface area contributed by atoms with Crippen LogP contribution in [0.2, 0.25) is 0 Å². The molecule has 1 aromatic carbocycles. The number of hydrogen-bond donors (Lipinski definition) is 1. The first-order chi connectivity index (χ1) is 18.5. The highest BCUT2D eigenvalue weighted by atomic mass is 32.2. The van der Waals surface area contributed by atoms with Crippen molar-refractivity contribution < 1.29 is 19.1 Å². The van der Waals surface area contributed by atoms with Gasteiger partial charge >= 0.3 is 5.97 Å². The predicted molar refractivity (Wildman–Crippen MR) is 152 cm³/mol. The molecule has 0 unspecified atom stereocenters. The Bertz CT molecular complexity index is 1410. The second-order valence-electron chi connectivity index (χ2n) is 8.81. The Morgan fingerprint density at radius 1 is 1.11 bits per heavy atom. The monoisotopic (exact) mass is 571 g/mol. The molecule has 3 aromatic rings. The van der Waals surface area contributed by atoms with Crippen molar-refractivity contribution in [3.63, 3.8) is 0 Å². The number of ether oxygens (including phenoxy) is 2. The van der Waals surface area contributed by atoms with Gasteiger partial charge in [-0.05, 0) is 69.4 Å². The molecule has 0 spiro atoms. The van der Waals surface area contributed by atoms with Crippen molar-refractivity contribution in [2.45, 2.75) is 56.0 Å². The van der Waals surface area contributed by atoms with Crippen molar-refractivity contribution in [3.8, 4) is 11.4 Å². The molecular weight excluding hydrogens is 543 g/mol. The summed E-state index contributed by atoms with van der Waals surface area (Å²) in [5.74, 6) is 0.922. The summed E-state index contributed by atoms with van der Waals surface area (Å²) < 4.78 is 12.4. The Balaban J connectivity index is 1.39. The molecule has 0 fully saturated rings. The zero-order valence-corrected chi connectivity index (χ0v) is 23.8. The van der Waals surface area contributed by atoms with Crippen LogP contribution in [0.1, 0.15) is 53.2 Å². The molecule has 3 heterocycles. The van der Waals surface area contributed by atoms with E-state index in [9.17, 15) is 14.4 Å². The van der Waals surface area contributed by atoms with Gasteiger partial charge < -0.3 is 14.8 Å². The molecular formula is C27H29N3O5S3. The Morgan fingerprint density at radius 2 is 1.89 bits per heavy atom. The molecule has 0 bridgehead atoms. The van der Waals surface area contributed by atoms with Crippen LogP contribution in [0.4, 0.5) is 5.00 Å². The number of nitrogens with zero attached hydrogens (tertiary/aromatic N) is 2. The molecule has 2 aromatic heterocycles. The van der Waals surface area contributed by atoms with E-state index in [1.807, 2.05) is 31.2 Å². The molecule has 1 amide bonds. The number of thiophene rings is 1. The highest BCUT2D eigenvalue weighted by molar-refractivity contribution is 8.00. The SMILES string of the molecule is CCOC(=O)c1c(NC(=O)CSc2nc3c(c(=O)n2-c2ccc(OCC)cc2)SCC3)sc2c1CCCC2. The van der Waals surface area contributed by atoms with Crippen LogP contribution in [-0.4, -0.2) is 46.1 Å². The average Bonchev–Trinajstić information content (AvgIpc) is 3.53. The first-order valence-electron chi connectivity index (χ1n) is 12.8. The van der Waals surface area contributed by atoms with E-state index in [-0.39, 0.29) is 23.8 Å². The standard InChI is InChI=1S/C27H29N3O5S3/c1-3-34-17-11-9-16(10-12-17)30-25(32)23-19(13-14-36-23)28-27(30)37-15-21(31)29-24-22(26(33)35-4-2)18-7-5-6-8-20(18)38-24/h9-12H,3-8,13-15H2,1-2H3,(H,29,31). The quantitative estimate of drug-likeness (QED) is 0.215. The second-order valence-corrected chi connectivity index (χ2v) is 12.0. The zero-order valence-electron chi connectivity index (χ0n) is 21.3. The van der Waals surface area contributed by atoms with Gasteiger partial charge in [-0.15, -0.1) is 23.1 Å². The number of thioether (sulfide) groups is 2. The molecule has 0 atom stereocenters. The molecule has 1 N–H and O–H groups in total. The van der Waals surface area contributed by atoms with E-state index in [0.29, 0.717) is 32.9 Å². The van der Waals surface area contributed by atoms with Crippen molar-refractivity contribution in [2.24, 2.45) is 0 Å². The predicted octanol–water partition coefficient (Wildman–Crippen LogP) is 5.13. The number of nitrogens with one attached hydrogen (secondary N) is 1. The zero-order chi connectivity index (χ0) is 26.6. The van der Waals surface area contributed by atoms with Gasteiger partial charge in [-0.2, -0.15) is 0 Å². The van der Waals surface area contributed by atoms with E-state index in [4.69, 9.17) is 14.5 Å². The van der Waals surface area contributed by atoms with Crippen LogP contribution in [0.25, 0.3) is 5.69 Å². The molecule has 200 valence electrons. The van der Waals surface area contributed by atoms with Crippen LogP contribution in [0, 0.1) is 0 Å². The Hall–Kier alpha value is -2.76. The first-order valence-corrected chi connectivity index (χ1v) is 15.5. The molecule has 0 radical (unpaired) electrons. The van der Waals surface area contributed by atoms with Gasteiger partial charge in [0, 0.05) is 17.1 Å². The van der Waals surface area contributed by atoms with Crippen molar-refractivity contribution in [3.05, 3.63) is 56.3 Å². The van der Waals surface area contributed by atoms with E-state index >= 15 is 0 Å². The number of fused-ring (bicyclic) bond motifs is 2. The van der Waals surface area contributed by atoms with Crippen LogP contribution in [0.15, 0.2) is 39.1 Å². The molecule has 5 rings (SSSR count). The van der Waals surface area contributed by atoms with E-state index in [2.05, 4.69) is 5.32 Å². The molecule has 11 heteroatoms. The number of anilines is 1. The lowest BCUT2D eigenvalue weighted by Gasteiger charge is -2.14. The van der Waals surface area contributed by atoms with Crippen molar-refractivity contribution >= 4 is 51.7 Å². The number of aromatic nitrogens is 2. The van der Waals surface area contributed by atoms with Gasteiger partial charge in [-0.25, -0.2) is 9.78 Å². The number of carbonyl (C=O) groups is 2. The molecule has 0 saturated carbocycles. The van der Waals surface area contributed by atoms with Gasteiger partial charge in [0.25, 0.3) is 5.56 Å². The summed E-state index contributed by atoms with van der Waals surface area (Å²) in [6.07, 6.45) is 4.54. The fourth-order valence-corrected chi connectivity index (χ4v) is 7.79. The first kappa shape index (κ1) is 26.8. The van der Waals surface area contributed by atoms with Crippen molar-refractivity contribution in [1.82, 2.24) is 9.55 Å². The maximum absolute atomic E-state index is 13.4. The van der Waals surface area contributed by atoms with Gasteiger partial charge in [0.2, 0.25) is 5.91 Å². The van der Waals surface area contributed by atoms with Crippen LogP contribution < -0.4 is 15.6 Å². The van der Waals surface area contributed by atoms with Crippen molar-refractivity contribution in [1.29, 1.82) is 0 Å². The number of hydrogen-bond acceptors (Lipinski definition) is 9. The lowest BCUT2D eigenvalue weighted by Crippen LogP contribution is -2.24. The number of aryl methyl sites for hydroxylation is 2. The van der Waals surface area contributed by atoms with Crippen molar-refractivity contribution in [2.75, 3.05) is 30.0 Å². The Kier molecular flexibility index (Phi) is 8.45. The number of rotatable bonds is 9. The summed E-state index contributed by atoms with van der Waals surface area (Å²) in [4.78, 5) is 45.9. The van der Waals surface area contributed by atoms with Gasteiger partial charge in [-0.3, -0.25) is 14.2 Å². The highest BCUT2D eigenvalue weighted by Crippen LogP contribution is 2.39. The summed E-state index contributed by atoms with van der Waals surface area (Å²) >= 11 is 4.19. The summed E-state index contributed by atoms with van der Waals surface area (Å²) in [6, 6.07) is 7.29. The third-order valence-corrected chi connectivity index (χ3v) is 9.56. The lowest BCUT2D eigenvalue weighted by atomic mass is 9.95. The summed E-state index contributed by atoms with van der Waals surface area (Å²) in [7, 11) is 0. The van der Waals surface area contributed by atoms with E-state index in [0.717, 1.165) is 59.7 Å². The third kappa shape index (κ3) is 5.50. The molecule has 0 saturated heterocycles. The molecule has 2 aliphatic rings. The highest BCUT2D eigenvalue weighted by Gasteiger charge is 2.28. The smallest absolute Gasteiger partial charge is 0.341 e. The topological polar surface area (TPSA) is 99.5 Å². The molecule has 1 aliphatic heterocycles. The maximum Gasteiger partial charge on any atom is 0.341 e. The minimum Gasteiger partial charge on any atom is -0.494 e. The van der Waals surface area contributed by atoms with E-state index in [1.54, 1.807) is 11.5 Å². The second kappa shape index (κ2) is 12.0. The molecule has 8 nitrogen and oxygen atoms in total. The van der Waals surface area contributed by atoms with E-state index in [1.165, 1.54) is 34.9 Å². The summed E-state index contributed by atoms with van der Waals surface area (Å²) in [5, 5.41) is 3.96. The molecule has 1 aliphatic carbocycles. The fraction of sp³-hybridized carbons (Fsp3) is 0.407.